The second kappa shape index (κ2) is 6.76. The van der Waals surface area contributed by atoms with Crippen molar-refractivity contribution in [3.05, 3.63) is 90.5 Å². The van der Waals surface area contributed by atoms with Gasteiger partial charge in [-0.2, -0.15) is 0 Å². The van der Waals surface area contributed by atoms with Gasteiger partial charge in [-0.15, -0.1) is 0 Å². The number of anilines is 2. The van der Waals surface area contributed by atoms with Crippen LogP contribution in [0.5, 0.6) is 5.75 Å². The van der Waals surface area contributed by atoms with Crippen LogP contribution in [0.1, 0.15) is 11.6 Å². The molecule has 2 amide bonds. The Hall–Kier alpha value is -3.64. The summed E-state index contributed by atoms with van der Waals surface area (Å²) in [7, 11) is 0. The summed E-state index contributed by atoms with van der Waals surface area (Å²) >= 11 is 0. The van der Waals surface area contributed by atoms with Crippen LogP contribution in [-0.4, -0.2) is 23.0 Å². The summed E-state index contributed by atoms with van der Waals surface area (Å²) in [5, 5.41) is 11.6. The van der Waals surface area contributed by atoms with Gasteiger partial charge in [0.1, 0.15) is 11.7 Å². The molecular weight excluding hydrogens is 368 g/mol. The highest BCUT2D eigenvalue weighted by molar-refractivity contribution is 6.23. The summed E-state index contributed by atoms with van der Waals surface area (Å²) in [6.07, 6.45) is -0.921. The van der Waals surface area contributed by atoms with Crippen molar-refractivity contribution in [2.45, 2.75) is 12.1 Å². The Labute approximate surface area is 167 Å². The summed E-state index contributed by atoms with van der Waals surface area (Å²) < 4.78 is 0. The van der Waals surface area contributed by atoms with Crippen LogP contribution in [0.15, 0.2) is 84.9 Å². The quantitative estimate of drug-likeness (QED) is 0.699. The molecule has 3 aromatic carbocycles. The lowest BCUT2D eigenvalue weighted by atomic mass is 9.90. The van der Waals surface area contributed by atoms with Gasteiger partial charge in [-0.25, -0.2) is 9.96 Å². The number of nitrogens with zero attached hydrogens (tertiary/aromatic N) is 2. The Morgan fingerprint density at radius 1 is 0.759 bits per heavy atom. The van der Waals surface area contributed by atoms with E-state index < -0.39 is 18.1 Å². The van der Waals surface area contributed by atoms with Gasteiger partial charge in [0.05, 0.1) is 17.4 Å². The summed E-state index contributed by atoms with van der Waals surface area (Å²) in [5.74, 6) is -1.31. The molecule has 2 heterocycles. The second-order valence-corrected chi connectivity index (χ2v) is 7.10. The maximum Gasteiger partial charge on any atom is 0.266 e. The number of imide groups is 1. The van der Waals surface area contributed by atoms with Crippen molar-refractivity contribution < 1.29 is 19.5 Å². The van der Waals surface area contributed by atoms with Crippen molar-refractivity contribution in [3.8, 4) is 5.75 Å². The maximum absolute atomic E-state index is 13.4. The van der Waals surface area contributed by atoms with Gasteiger partial charge in [0.15, 0.2) is 6.10 Å². The van der Waals surface area contributed by atoms with Crippen molar-refractivity contribution in [3.63, 3.8) is 0 Å². The Morgan fingerprint density at radius 3 is 2.07 bits per heavy atom. The number of rotatable bonds is 3. The molecule has 0 unspecified atom stereocenters. The monoisotopic (exact) mass is 386 g/mol. The van der Waals surface area contributed by atoms with Crippen LogP contribution in [0.25, 0.3) is 0 Å². The Bertz CT molecular complexity index is 1070. The van der Waals surface area contributed by atoms with Crippen LogP contribution in [0.3, 0.4) is 0 Å². The van der Waals surface area contributed by atoms with Gasteiger partial charge in [-0.1, -0.05) is 48.5 Å². The fourth-order valence-corrected chi connectivity index (χ4v) is 4.09. The largest absolute Gasteiger partial charge is 0.508 e. The highest BCUT2D eigenvalue weighted by Crippen LogP contribution is 2.47. The molecule has 144 valence electrons. The van der Waals surface area contributed by atoms with Crippen molar-refractivity contribution in [2.75, 3.05) is 9.96 Å². The molecule has 2 saturated heterocycles. The van der Waals surface area contributed by atoms with Gasteiger partial charge < -0.3 is 5.11 Å². The number of fused-ring (bicyclic) bond motifs is 1. The molecule has 0 spiro atoms. The zero-order valence-corrected chi connectivity index (χ0v) is 15.4. The summed E-state index contributed by atoms with van der Waals surface area (Å²) in [4.78, 5) is 33.8. The van der Waals surface area contributed by atoms with Crippen molar-refractivity contribution in [2.24, 2.45) is 5.92 Å². The number of benzene rings is 3. The van der Waals surface area contributed by atoms with E-state index >= 15 is 0 Å². The topological polar surface area (TPSA) is 70.1 Å². The number of hydrogen-bond donors (Lipinski definition) is 1. The van der Waals surface area contributed by atoms with E-state index in [1.165, 1.54) is 4.90 Å². The van der Waals surface area contributed by atoms with E-state index in [2.05, 4.69) is 0 Å². The SMILES string of the molecule is O=C1[C@H]2[C@@H](c3cccc(O)c3)N(c3ccccc3)O[C@H]2C(=O)N1c1ccccc1. The molecule has 5 rings (SSSR count). The maximum atomic E-state index is 13.4. The number of hydrogen-bond acceptors (Lipinski definition) is 5. The van der Waals surface area contributed by atoms with Crippen molar-refractivity contribution in [1.29, 1.82) is 0 Å². The van der Waals surface area contributed by atoms with Gasteiger partial charge >= 0.3 is 0 Å². The predicted molar refractivity (Wildman–Crippen MR) is 107 cm³/mol. The number of para-hydroxylation sites is 2. The number of aromatic hydroxyl groups is 1. The lowest BCUT2D eigenvalue weighted by molar-refractivity contribution is -0.126. The third-order valence-corrected chi connectivity index (χ3v) is 5.35. The Morgan fingerprint density at radius 2 is 1.41 bits per heavy atom. The first-order chi connectivity index (χ1) is 14.1. The number of hydroxylamine groups is 1. The third kappa shape index (κ3) is 2.77. The fourth-order valence-electron chi connectivity index (χ4n) is 4.09. The van der Waals surface area contributed by atoms with E-state index in [1.54, 1.807) is 47.5 Å². The van der Waals surface area contributed by atoms with Gasteiger partial charge in [-0.3, -0.25) is 14.4 Å². The molecule has 0 bridgehead atoms. The minimum atomic E-state index is -0.921. The molecule has 0 saturated carbocycles. The Balaban J connectivity index is 1.60. The van der Waals surface area contributed by atoms with E-state index in [4.69, 9.17) is 4.84 Å². The number of carbonyl (C=O) groups is 2. The third-order valence-electron chi connectivity index (χ3n) is 5.35. The highest BCUT2D eigenvalue weighted by Gasteiger charge is 2.60. The van der Waals surface area contributed by atoms with Crippen LogP contribution < -0.4 is 9.96 Å². The minimum absolute atomic E-state index is 0.0932. The van der Waals surface area contributed by atoms with Gasteiger partial charge in [0, 0.05) is 0 Å². The molecule has 0 aliphatic carbocycles. The van der Waals surface area contributed by atoms with E-state index in [9.17, 15) is 14.7 Å². The molecule has 2 aliphatic heterocycles. The molecule has 0 aromatic heterocycles. The molecule has 0 radical (unpaired) electrons. The molecule has 3 atom stereocenters. The first-order valence-electron chi connectivity index (χ1n) is 9.38. The molecular formula is C23H18N2O4. The number of phenolic OH excluding ortho intramolecular Hbond substituents is 1. The second-order valence-electron chi connectivity index (χ2n) is 7.10. The first-order valence-corrected chi connectivity index (χ1v) is 9.38. The van der Waals surface area contributed by atoms with E-state index in [0.29, 0.717) is 11.3 Å². The van der Waals surface area contributed by atoms with Crippen LogP contribution >= 0.6 is 0 Å². The average Bonchev–Trinajstić information content (AvgIpc) is 3.26. The Kier molecular flexibility index (Phi) is 4.07. The zero-order valence-electron chi connectivity index (χ0n) is 15.4. The lowest BCUT2D eigenvalue weighted by Gasteiger charge is -2.28. The molecule has 6 heteroatoms. The molecule has 29 heavy (non-hydrogen) atoms. The van der Waals surface area contributed by atoms with Gasteiger partial charge in [0.25, 0.3) is 5.91 Å². The molecule has 2 aliphatic rings. The van der Waals surface area contributed by atoms with Crippen LogP contribution in [-0.2, 0) is 14.4 Å². The predicted octanol–water partition coefficient (Wildman–Crippen LogP) is 3.44. The summed E-state index contributed by atoms with van der Waals surface area (Å²) in [5.41, 5.74) is 1.97. The highest BCUT2D eigenvalue weighted by atomic mass is 16.7. The van der Waals surface area contributed by atoms with Gasteiger partial charge in [0.2, 0.25) is 5.91 Å². The van der Waals surface area contributed by atoms with E-state index in [-0.39, 0.29) is 17.6 Å². The molecule has 2 fully saturated rings. The number of amides is 2. The average molecular weight is 386 g/mol. The minimum Gasteiger partial charge on any atom is -0.508 e. The van der Waals surface area contributed by atoms with Gasteiger partial charge in [-0.05, 0) is 42.0 Å². The molecule has 6 nitrogen and oxygen atoms in total. The van der Waals surface area contributed by atoms with Crippen molar-refractivity contribution in [1.82, 2.24) is 0 Å². The fraction of sp³-hybridized carbons (Fsp3) is 0.130. The normalized spacial score (nSPS) is 23.5. The lowest BCUT2D eigenvalue weighted by Crippen LogP contribution is -2.37. The van der Waals surface area contributed by atoms with Crippen LogP contribution in [0.2, 0.25) is 0 Å². The standard InChI is InChI=1S/C23H18N2O4/c26-18-13-7-8-15(14-18)20-19-21(29-25(20)17-11-5-2-6-12-17)23(28)24(22(19)27)16-9-3-1-4-10-16/h1-14,19-21,26H/t19-,20+,21+/m0/s1. The van der Waals surface area contributed by atoms with E-state index in [1.807, 2.05) is 42.5 Å². The van der Waals surface area contributed by atoms with Crippen LogP contribution in [0, 0.1) is 5.92 Å². The van der Waals surface area contributed by atoms with E-state index in [0.717, 1.165) is 5.69 Å². The molecule has 3 aromatic rings. The molecule has 1 N–H and O–H groups in total. The number of phenols is 1. The van der Waals surface area contributed by atoms with Crippen LogP contribution in [0.4, 0.5) is 11.4 Å². The first kappa shape index (κ1) is 17.5. The zero-order chi connectivity index (χ0) is 20.0. The van der Waals surface area contributed by atoms with Crippen molar-refractivity contribution >= 4 is 23.2 Å². The summed E-state index contributed by atoms with van der Waals surface area (Å²) in [6.45, 7) is 0. The summed E-state index contributed by atoms with van der Waals surface area (Å²) in [6, 6.07) is 24.4. The smallest absolute Gasteiger partial charge is 0.266 e. The number of carbonyl (C=O) groups excluding carboxylic acids is 2.